The van der Waals surface area contributed by atoms with Crippen molar-refractivity contribution < 1.29 is 19.4 Å². The van der Waals surface area contributed by atoms with Crippen molar-refractivity contribution in [3.8, 4) is 5.75 Å². The summed E-state index contributed by atoms with van der Waals surface area (Å²) in [7, 11) is 0. The van der Waals surface area contributed by atoms with E-state index in [-0.39, 0.29) is 5.78 Å². The van der Waals surface area contributed by atoms with E-state index >= 15 is 0 Å². The number of ether oxygens (including phenoxy) is 1. The Kier molecular flexibility index (Phi) is 6.28. The lowest BCUT2D eigenvalue weighted by molar-refractivity contribution is -0.139. The van der Waals surface area contributed by atoms with E-state index in [0.717, 1.165) is 39.0 Å². The van der Waals surface area contributed by atoms with Crippen LogP contribution in [0, 0.1) is 0 Å². The van der Waals surface area contributed by atoms with Crippen LogP contribution in [0.3, 0.4) is 0 Å². The molecule has 7 nitrogen and oxygen atoms in total. The number of benzene rings is 1. The molecule has 7 heteroatoms. The second kappa shape index (κ2) is 9.26. The van der Waals surface area contributed by atoms with Crippen molar-refractivity contribution in [3.63, 3.8) is 0 Å². The maximum absolute atomic E-state index is 12.6. The van der Waals surface area contributed by atoms with Crippen molar-refractivity contribution in [2.75, 3.05) is 44.2 Å². The van der Waals surface area contributed by atoms with Gasteiger partial charge in [-0.15, -0.1) is 0 Å². The number of aromatic nitrogens is 1. The summed E-state index contributed by atoms with van der Waals surface area (Å²) < 4.78 is 5.11. The highest BCUT2D eigenvalue weighted by atomic mass is 16.5. The van der Waals surface area contributed by atoms with Gasteiger partial charge in [-0.2, -0.15) is 0 Å². The molecule has 4 rings (SSSR count). The molecule has 1 N–H and O–H groups in total. The number of carboxylic acid groups (broad SMARTS) is 1. The van der Waals surface area contributed by atoms with Crippen LogP contribution in [-0.2, 0) is 17.6 Å². The standard InChI is InChI=1S/C23H27N3O4/c27-22(17-5-7-18(8-6-17)30-16-23(28)29)15-25-11-13-26(14-12-25)21-9-10-24-20-4-2-1-3-19(20)21/h5-10H,1-4,11-16H2,(H,28,29). The third kappa shape index (κ3) is 4.79. The van der Waals surface area contributed by atoms with Crippen LogP contribution < -0.4 is 9.64 Å². The van der Waals surface area contributed by atoms with E-state index in [0.29, 0.717) is 17.9 Å². The smallest absolute Gasteiger partial charge is 0.341 e. The summed E-state index contributed by atoms with van der Waals surface area (Å²) in [4.78, 5) is 32.4. The van der Waals surface area contributed by atoms with Gasteiger partial charge in [0.15, 0.2) is 12.4 Å². The van der Waals surface area contributed by atoms with Gasteiger partial charge in [0.25, 0.3) is 0 Å². The first-order valence-corrected chi connectivity index (χ1v) is 10.5. The predicted molar refractivity (Wildman–Crippen MR) is 113 cm³/mol. The third-order valence-electron chi connectivity index (χ3n) is 5.83. The number of anilines is 1. The molecule has 158 valence electrons. The average Bonchev–Trinajstić information content (AvgIpc) is 2.78. The zero-order valence-electron chi connectivity index (χ0n) is 17.0. The molecular formula is C23H27N3O4. The van der Waals surface area contributed by atoms with Crippen molar-refractivity contribution in [2.45, 2.75) is 25.7 Å². The van der Waals surface area contributed by atoms with Gasteiger partial charge in [-0.1, -0.05) is 0 Å². The molecule has 2 heterocycles. The Labute approximate surface area is 176 Å². The lowest BCUT2D eigenvalue weighted by Gasteiger charge is -2.37. The maximum Gasteiger partial charge on any atom is 0.341 e. The van der Waals surface area contributed by atoms with E-state index in [1.54, 1.807) is 24.3 Å². The number of Topliss-reactive ketones (excluding diaryl/α,β-unsaturated/α-hetero) is 1. The zero-order chi connectivity index (χ0) is 20.9. The number of carboxylic acids is 1. The molecule has 1 aromatic carbocycles. The molecule has 0 amide bonds. The number of rotatable bonds is 7. The summed E-state index contributed by atoms with van der Waals surface area (Å²) in [6, 6.07) is 8.80. The number of aliphatic carboxylic acids is 1. The van der Waals surface area contributed by atoms with Crippen LogP contribution in [0.15, 0.2) is 36.5 Å². The number of nitrogens with zero attached hydrogens (tertiary/aromatic N) is 3. The van der Waals surface area contributed by atoms with Crippen molar-refractivity contribution in [2.24, 2.45) is 0 Å². The van der Waals surface area contributed by atoms with Crippen LogP contribution in [-0.4, -0.2) is 66.1 Å². The maximum atomic E-state index is 12.6. The highest BCUT2D eigenvalue weighted by Crippen LogP contribution is 2.29. The van der Waals surface area contributed by atoms with Crippen LogP contribution in [0.5, 0.6) is 5.75 Å². The van der Waals surface area contributed by atoms with Gasteiger partial charge in [0.1, 0.15) is 5.75 Å². The second-order valence-electron chi connectivity index (χ2n) is 7.86. The number of carbonyl (C=O) groups is 2. The van der Waals surface area contributed by atoms with E-state index in [1.807, 2.05) is 6.20 Å². The molecule has 2 aromatic rings. The predicted octanol–water partition coefficient (Wildman–Crippen LogP) is 2.43. The quantitative estimate of drug-likeness (QED) is 0.703. The molecule has 0 spiro atoms. The third-order valence-corrected chi connectivity index (χ3v) is 5.83. The number of piperazine rings is 1. The summed E-state index contributed by atoms with van der Waals surface area (Å²) >= 11 is 0. The Morgan fingerprint density at radius 1 is 1.00 bits per heavy atom. The SMILES string of the molecule is O=C(O)COc1ccc(C(=O)CN2CCN(c3ccnc4c3CCCC4)CC2)cc1. The normalized spacial score (nSPS) is 16.7. The molecule has 1 aliphatic heterocycles. The minimum absolute atomic E-state index is 0.0644. The fourth-order valence-electron chi connectivity index (χ4n) is 4.23. The van der Waals surface area contributed by atoms with Crippen molar-refractivity contribution >= 4 is 17.4 Å². The van der Waals surface area contributed by atoms with Crippen LogP contribution in [0.4, 0.5) is 5.69 Å². The van der Waals surface area contributed by atoms with E-state index < -0.39 is 12.6 Å². The first kappa shape index (κ1) is 20.3. The molecule has 0 unspecified atom stereocenters. The Bertz CT molecular complexity index is 905. The summed E-state index contributed by atoms with van der Waals surface area (Å²) in [6.45, 7) is 3.51. The summed E-state index contributed by atoms with van der Waals surface area (Å²) in [5.74, 6) is -0.514. The topological polar surface area (TPSA) is 83.0 Å². The minimum Gasteiger partial charge on any atom is -0.482 e. The fourth-order valence-corrected chi connectivity index (χ4v) is 4.23. The molecule has 1 fully saturated rings. The average molecular weight is 409 g/mol. The molecule has 1 aromatic heterocycles. The first-order valence-electron chi connectivity index (χ1n) is 10.5. The highest BCUT2D eigenvalue weighted by molar-refractivity contribution is 5.97. The van der Waals surface area contributed by atoms with Gasteiger partial charge in [-0.05, 0) is 61.6 Å². The lowest BCUT2D eigenvalue weighted by Crippen LogP contribution is -2.48. The van der Waals surface area contributed by atoms with E-state index in [4.69, 9.17) is 9.84 Å². The van der Waals surface area contributed by atoms with E-state index in [2.05, 4.69) is 20.9 Å². The zero-order valence-corrected chi connectivity index (χ0v) is 17.0. The van der Waals surface area contributed by atoms with E-state index in [9.17, 15) is 9.59 Å². The van der Waals surface area contributed by atoms with Crippen molar-refractivity contribution in [1.29, 1.82) is 0 Å². The fraction of sp³-hybridized carbons (Fsp3) is 0.435. The molecular weight excluding hydrogens is 382 g/mol. The molecule has 1 saturated heterocycles. The highest BCUT2D eigenvalue weighted by Gasteiger charge is 2.23. The molecule has 30 heavy (non-hydrogen) atoms. The van der Waals surface area contributed by atoms with Gasteiger partial charge in [-0.25, -0.2) is 4.79 Å². The van der Waals surface area contributed by atoms with Crippen molar-refractivity contribution in [1.82, 2.24) is 9.88 Å². The second-order valence-corrected chi connectivity index (χ2v) is 7.86. The summed E-state index contributed by atoms with van der Waals surface area (Å²) in [5.41, 5.74) is 4.61. The first-order chi connectivity index (χ1) is 14.6. The number of hydrogen-bond acceptors (Lipinski definition) is 6. The summed E-state index contributed by atoms with van der Waals surface area (Å²) in [6.07, 6.45) is 6.59. The number of ketones is 1. The Balaban J connectivity index is 1.31. The number of hydrogen-bond donors (Lipinski definition) is 1. The van der Waals surface area contributed by atoms with Gasteiger partial charge in [-0.3, -0.25) is 14.7 Å². The molecule has 0 saturated carbocycles. The largest absolute Gasteiger partial charge is 0.482 e. The Morgan fingerprint density at radius 3 is 2.47 bits per heavy atom. The van der Waals surface area contributed by atoms with Crippen LogP contribution >= 0.6 is 0 Å². The number of fused-ring (bicyclic) bond motifs is 1. The van der Waals surface area contributed by atoms with Crippen LogP contribution in [0.25, 0.3) is 0 Å². The van der Waals surface area contributed by atoms with Gasteiger partial charge in [0, 0.05) is 49.3 Å². The molecule has 0 atom stereocenters. The number of pyridine rings is 1. The number of aryl methyl sites for hydroxylation is 1. The van der Waals surface area contributed by atoms with Gasteiger partial charge < -0.3 is 14.7 Å². The van der Waals surface area contributed by atoms with E-state index in [1.165, 1.54) is 29.8 Å². The van der Waals surface area contributed by atoms with Crippen LogP contribution in [0.1, 0.15) is 34.5 Å². The number of carbonyl (C=O) groups excluding carboxylic acids is 1. The molecule has 2 aliphatic rings. The van der Waals surface area contributed by atoms with Crippen LogP contribution in [0.2, 0.25) is 0 Å². The lowest BCUT2D eigenvalue weighted by atomic mass is 9.94. The van der Waals surface area contributed by atoms with Gasteiger partial charge in [0.2, 0.25) is 0 Å². The van der Waals surface area contributed by atoms with Gasteiger partial charge in [0.05, 0.1) is 6.54 Å². The van der Waals surface area contributed by atoms with Gasteiger partial charge >= 0.3 is 5.97 Å². The Hall–Kier alpha value is -2.93. The minimum atomic E-state index is -1.03. The molecule has 0 radical (unpaired) electrons. The monoisotopic (exact) mass is 409 g/mol. The Morgan fingerprint density at radius 2 is 1.73 bits per heavy atom. The van der Waals surface area contributed by atoms with Crippen molar-refractivity contribution in [3.05, 3.63) is 53.3 Å². The molecule has 1 aliphatic carbocycles. The molecule has 0 bridgehead atoms. The summed E-state index contributed by atoms with van der Waals surface area (Å²) in [5, 5.41) is 8.66.